The molecule has 0 saturated carbocycles. The molecule has 28 heavy (non-hydrogen) atoms. The van der Waals surface area contributed by atoms with Gasteiger partial charge in [-0.3, -0.25) is 4.79 Å². The minimum absolute atomic E-state index is 0.0649. The highest BCUT2D eigenvalue weighted by Crippen LogP contribution is 2.30. The highest BCUT2D eigenvalue weighted by Gasteiger charge is 2.31. The van der Waals surface area contributed by atoms with E-state index in [1.165, 1.54) is 4.90 Å². The predicted octanol–water partition coefficient (Wildman–Crippen LogP) is 3.42. The Kier molecular flexibility index (Phi) is 5.71. The van der Waals surface area contributed by atoms with E-state index in [-0.39, 0.29) is 38.7 Å². The van der Waals surface area contributed by atoms with Crippen molar-refractivity contribution in [2.75, 3.05) is 37.7 Å². The molecule has 1 saturated heterocycles. The Bertz CT molecular complexity index is 869. The van der Waals surface area contributed by atoms with Crippen molar-refractivity contribution in [1.29, 1.82) is 0 Å². The molecular formula is C19H17F5N2O2. The van der Waals surface area contributed by atoms with Crippen LogP contribution in [0, 0.1) is 36.0 Å². The molecule has 0 aliphatic carbocycles. The average molecular weight is 400 g/mol. The number of piperazine rings is 1. The number of rotatable bonds is 4. The predicted molar refractivity (Wildman–Crippen MR) is 91.7 cm³/mol. The molecular weight excluding hydrogens is 383 g/mol. The lowest BCUT2D eigenvalue weighted by Crippen LogP contribution is -2.50. The monoisotopic (exact) mass is 400 g/mol. The molecule has 2 aromatic carbocycles. The molecule has 3 rings (SSSR count). The maximum absolute atomic E-state index is 13.9. The Morgan fingerprint density at radius 1 is 0.893 bits per heavy atom. The summed E-state index contributed by atoms with van der Waals surface area (Å²) in [5.74, 6) is -9.69. The summed E-state index contributed by atoms with van der Waals surface area (Å²) in [6.45, 7) is 1.60. The van der Waals surface area contributed by atoms with E-state index in [0.717, 1.165) is 10.5 Å². The van der Waals surface area contributed by atoms with Gasteiger partial charge in [-0.05, 0) is 18.6 Å². The molecule has 0 N–H and O–H groups in total. The zero-order chi connectivity index (χ0) is 20.4. The molecule has 4 nitrogen and oxygen atoms in total. The van der Waals surface area contributed by atoms with E-state index in [1.54, 1.807) is 12.1 Å². The topological polar surface area (TPSA) is 32.8 Å². The zero-order valence-corrected chi connectivity index (χ0v) is 14.9. The highest BCUT2D eigenvalue weighted by molar-refractivity contribution is 5.78. The molecule has 0 unspecified atom stereocenters. The number of halogens is 5. The largest absolute Gasteiger partial charge is 0.484 e. The summed E-state index contributed by atoms with van der Waals surface area (Å²) in [4.78, 5) is 14.7. The molecule has 0 bridgehead atoms. The van der Waals surface area contributed by atoms with Gasteiger partial charge >= 0.3 is 0 Å². The number of nitrogens with zero attached hydrogens (tertiary/aromatic N) is 2. The van der Waals surface area contributed by atoms with Gasteiger partial charge in [-0.15, -0.1) is 0 Å². The standard InChI is InChI=1S/C19H17F5N2O2/c1-11-4-2-3-5-12(11)28-10-13(27)25-6-8-26(9-7-25)19-17(23)15(21)14(20)16(22)18(19)24/h2-5H,6-10H2,1H3. The van der Waals surface area contributed by atoms with Gasteiger partial charge in [0.15, 0.2) is 29.9 Å². The van der Waals surface area contributed by atoms with E-state index in [2.05, 4.69) is 0 Å². The quantitative estimate of drug-likeness (QED) is 0.448. The Hall–Kier alpha value is -2.84. The number of aryl methyl sites for hydroxylation is 1. The second-order valence-electron chi connectivity index (χ2n) is 6.34. The van der Waals surface area contributed by atoms with Crippen molar-refractivity contribution in [3.63, 3.8) is 0 Å². The summed E-state index contributed by atoms with van der Waals surface area (Å²) in [6, 6.07) is 7.17. The first-order valence-corrected chi connectivity index (χ1v) is 8.53. The van der Waals surface area contributed by atoms with Gasteiger partial charge < -0.3 is 14.5 Å². The molecule has 1 aliphatic rings. The van der Waals surface area contributed by atoms with Crippen molar-refractivity contribution in [2.24, 2.45) is 0 Å². The maximum Gasteiger partial charge on any atom is 0.260 e. The summed E-state index contributed by atoms with van der Waals surface area (Å²) in [5.41, 5.74) is -0.105. The maximum atomic E-state index is 13.9. The van der Waals surface area contributed by atoms with E-state index in [9.17, 15) is 26.7 Å². The lowest BCUT2D eigenvalue weighted by molar-refractivity contribution is -0.133. The molecule has 1 aliphatic heterocycles. The Labute approximate surface area is 158 Å². The number of anilines is 1. The second kappa shape index (κ2) is 8.04. The first kappa shape index (κ1) is 19.9. The van der Waals surface area contributed by atoms with E-state index < -0.39 is 34.8 Å². The van der Waals surface area contributed by atoms with Crippen molar-refractivity contribution in [2.45, 2.75) is 6.92 Å². The van der Waals surface area contributed by atoms with Crippen LogP contribution in [-0.4, -0.2) is 43.6 Å². The number of carbonyl (C=O) groups is 1. The molecule has 0 radical (unpaired) electrons. The van der Waals surface area contributed by atoms with E-state index >= 15 is 0 Å². The first-order valence-electron chi connectivity index (χ1n) is 8.53. The summed E-state index contributed by atoms with van der Waals surface area (Å²) < 4.78 is 73.3. The molecule has 1 amide bonds. The molecule has 0 atom stereocenters. The van der Waals surface area contributed by atoms with Crippen molar-refractivity contribution in [3.05, 3.63) is 58.9 Å². The molecule has 0 spiro atoms. The minimum Gasteiger partial charge on any atom is -0.484 e. The van der Waals surface area contributed by atoms with Crippen LogP contribution in [0.25, 0.3) is 0 Å². The van der Waals surface area contributed by atoms with Crippen LogP contribution in [0.2, 0.25) is 0 Å². The smallest absolute Gasteiger partial charge is 0.260 e. The van der Waals surface area contributed by atoms with Crippen molar-refractivity contribution in [1.82, 2.24) is 4.90 Å². The van der Waals surface area contributed by atoms with Crippen LogP contribution in [0.1, 0.15) is 5.56 Å². The van der Waals surface area contributed by atoms with Gasteiger partial charge in [0, 0.05) is 26.2 Å². The van der Waals surface area contributed by atoms with Crippen LogP contribution < -0.4 is 9.64 Å². The van der Waals surface area contributed by atoms with E-state index in [1.807, 2.05) is 19.1 Å². The van der Waals surface area contributed by atoms with Crippen LogP contribution in [0.15, 0.2) is 24.3 Å². The Balaban J connectivity index is 1.63. The van der Waals surface area contributed by atoms with Gasteiger partial charge in [-0.2, -0.15) is 0 Å². The third kappa shape index (κ3) is 3.74. The normalized spacial score (nSPS) is 14.4. The molecule has 150 valence electrons. The summed E-state index contributed by atoms with van der Waals surface area (Å²) in [6.07, 6.45) is 0. The van der Waals surface area contributed by atoms with E-state index in [4.69, 9.17) is 4.74 Å². The number of ether oxygens (including phenoxy) is 1. The van der Waals surface area contributed by atoms with Gasteiger partial charge in [0.05, 0.1) is 0 Å². The number of hydrogen-bond acceptors (Lipinski definition) is 3. The highest BCUT2D eigenvalue weighted by atomic mass is 19.2. The molecule has 0 aromatic heterocycles. The number of amides is 1. The van der Waals surface area contributed by atoms with Gasteiger partial charge in [0.25, 0.3) is 5.91 Å². The number of carbonyl (C=O) groups excluding carboxylic acids is 1. The lowest BCUT2D eigenvalue weighted by atomic mass is 10.2. The van der Waals surface area contributed by atoms with Crippen LogP contribution in [0.5, 0.6) is 5.75 Å². The Morgan fingerprint density at radius 3 is 2.00 bits per heavy atom. The van der Waals surface area contributed by atoms with Crippen LogP contribution in [-0.2, 0) is 4.79 Å². The number of para-hydroxylation sites is 1. The van der Waals surface area contributed by atoms with Crippen molar-refractivity contribution in [3.8, 4) is 5.75 Å². The van der Waals surface area contributed by atoms with Crippen molar-refractivity contribution >= 4 is 11.6 Å². The van der Waals surface area contributed by atoms with Gasteiger partial charge in [0.1, 0.15) is 11.4 Å². The second-order valence-corrected chi connectivity index (χ2v) is 6.34. The van der Waals surface area contributed by atoms with Gasteiger partial charge in [-0.1, -0.05) is 18.2 Å². The zero-order valence-electron chi connectivity index (χ0n) is 14.9. The van der Waals surface area contributed by atoms with Crippen molar-refractivity contribution < 1.29 is 31.5 Å². The van der Waals surface area contributed by atoms with Crippen LogP contribution in [0.3, 0.4) is 0 Å². The number of hydrogen-bond donors (Lipinski definition) is 0. The SMILES string of the molecule is Cc1ccccc1OCC(=O)N1CCN(c2c(F)c(F)c(F)c(F)c2F)CC1. The fourth-order valence-electron chi connectivity index (χ4n) is 3.00. The summed E-state index contributed by atoms with van der Waals surface area (Å²) in [7, 11) is 0. The minimum atomic E-state index is -2.19. The third-order valence-electron chi connectivity index (χ3n) is 4.58. The van der Waals surface area contributed by atoms with Gasteiger partial charge in [0.2, 0.25) is 5.82 Å². The van der Waals surface area contributed by atoms with Crippen LogP contribution in [0.4, 0.5) is 27.6 Å². The molecule has 1 fully saturated rings. The summed E-state index contributed by atoms with van der Waals surface area (Å²) >= 11 is 0. The average Bonchev–Trinajstić information content (AvgIpc) is 2.70. The number of benzene rings is 2. The van der Waals surface area contributed by atoms with Crippen LogP contribution >= 0.6 is 0 Å². The fourth-order valence-corrected chi connectivity index (χ4v) is 3.00. The lowest BCUT2D eigenvalue weighted by Gasteiger charge is -2.36. The van der Waals surface area contributed by atoms with Gasteiger partial charge in [-0.25, -0.2) is 22.0 Å². The molecule has 1 heterocycles. The summed E-state index contributed by atoms with van der Waals surface area (Å²) in [5, 5.41) is 0. The Morgan fingerprint density at radius 2 is 1.43 bits per heavy atom. The van der Waals surface area contributed by atoms with E-state index in [0.29, 0.717) is 5.75 Å². The molecule has 9 heteroatoms. The fraction of sp³-hybridized carbons (Fsp3) is 0.316. The molecule has 2 aromatic rings. The first-order chi connectivity index (χ1) is 13.3. The third-order valence-corrected chi connectivity index (χ3v) is 4.58.